The number of hydrogen-bond donors (Lipinski definition) is 2. The molecule has 0 heterocycles. The molecular weight excluding hydrogens is 214 g/mol. The van der Waals surface area contributed by atoms with E-state index in [0.717, 1.165) is 24.8 Å². The second-order valence-electron chi connectivity index (χ2n) is 4.44. The first-order chi connectivity index (χ1) is 8.11. The molecule has 0 spiro atoms. The molecular formula is C14H21NO2. The third kappa shape index (κ3) is 5.38. The molecule has 3 heteroatoms. The molecule has 1 rings (SSSR count). The highest BCUT2D eigenvalue weighted by molar-refractivity contribution is 5.76. The number of carbonyl (C=O) groups excluding carboxylic acids is 1. The van der Waals surface area contributed by atoms with Gasteiger partial charge in [-0.1, -0.05) is 25.5 Å². The van der Waals surface area contributed by atoms with Gasteiger partial charge in [-0.3, -0.25) is 4.79 Å². The fourth-order valence-electron chi connectivity index (χ4n) is 1.72. The Morgan fingerprint density at radius 2 is 2.00 bits per heavy atom. The number of phenolic OH excluding ortho intramolecular Hbond substituents is 1. The summed E-state index contributed by atoms with van der Waals surface area (Å²) in [4.78, 5) is 11.5. The molecule has 17 heavy (non-hydrogen) atoms. The standard InChI is InChI=1S/C14H21NO2/c1-3-4-5-14(17)15-11(2)10-12-6-8-13(16)9-7-12/h6-9,11,16H,3-5,10H2,1-2H3,(H,15,17). The molecule has 0 aliphatic carbocycles. The van der Waals surface area contributed by atoms with E-state index in [1.807, 2.05) is 19.1 Å². The minimum absolute atomic E-state index is 0.123. The predicted molar refractivity (Wildman–Crippen MR) is 68.9 cm³/mol. The van der Waals surface area contributed by atoms with Crippen molar-refractivity contribution in [2.75, 3.05) is 0 Å². The van der Waals surface area contributed by atoms with Crippen LogP contribution in [0, 0.1) is 0 Å². The van der Waals surface area contributed by atoms with Gasteiger partial charge in [0.05, 0.1) is 0 Å². The van der Waals surface area contributed by atoms with Crippen LogP contribution in [-0.2, 0) is 11.2 Å². The van der Waals surface area contributed by atoms with Gasteiger partial charge in [0.15, 0.2) is 0 Å². The van der Waals surface area contributed by atoms with Crippen molar-refractivity contribution in [2.24, 2.45) is 0 Å². The predicted octanol–water partition coefficient (Wildman–Crippen LogP) is 2.63. The molecule has 1 aromatic carbocycles. The average molecular weight is 235 g/mol. The second-order valence-corrected chi connectivity index (χ2v) is 4.44. The summed E-state index contributed by atoms with van der Waals surface area (Å²) >= 11 is 0. The number of benzene rings is 1. The van der Waals surface area contributed by atoms with Crippen LogP contribution in [0.5, 0.6) is 5.75 Å². The molecule has 0 fully saturated rings. The highest BCUT2D eigenvalue weighted by Gasteiger charge is 2.07. The number of aromatic hydroxyl groups is 1. The van der Waals surface area contributed by atoms with E-state index >= 15 is 0 Å². The van der Waals surface area contributed by atoms with Gasteiger partial charge in [0.1, 0.15) is 5.75 Å². The summed E-state index contributed by atoms with van der Waals surface area (Å²) in [5.41, 5.74) is 1.12. The molecule has 1 unspecified atom stereocenters. The van der Waals surface area contributed by atoms with Gasteiger partial charge in [-0.25, -0.2) is 0 Å². The lowest BCUT2D eigenvalue weighted by atomic mass is 10.1. The number of rotatable bonds is 6. The van der Waals surface area contributed by atoms with Gasteiger partial charge >= 0.3 is 0 Å². The van der Waals surface area contributed by atoms with Gasteiger partial charge in [-0.05, 0) is 37.5 Å². The summed E-state index contributed by atoms with van der Waals surface area (Å²) < 4.78 is 0. The largest absolute Gasteiger partial charge is 0.508 e. The Morgan fingerprint density at radius 1 is 1.35 bits per heavy atom. The third-order valence-corrected chi connectivity index (χ3v) is 2.64. The van der Waals surface area contributed by atoms with E-state index in [0.29, 0.717) is 6.42 Å². The van der Waals surface area contributed by atoms with E-state index in [2.05, 4.69) is 12.2 Å². The van der Waals surface area contributed by atoms with Crippen molar-refractivity contribution < 1.29 is 9.90 Å². The van der Waals surface area contributed by atoms with Crippen molar-refractivity contribution in [1.82, 2.24) is 5.32 Å². The van der Waals surface area contributed by atoms with Gasteiger partial charge < -0.3 is 10.4 Å². The third-order valence-electron chi connectivity index (χ3n) is 2.64. The van der Waals surface area contributed by atoms with Crippen LogP contribution in [0.3, 0.4) is 0 Å². The molecule has 1 amide bonds. The SMILES string of the molecule is CCCCC(=O)NC(C)Cc1ccc(O)cc1. The normalized spacial score (nSPS) is 12.1. The van der Waals surface area contributed by atoms with Gasteiger partial charge in [0.25, 0.3) is 0 Å². The Morgan fingerprint density at radius 3 is 2.59 bits per heavy atom. The summed E-state index contributed by atoms with van der Waals surface area (Å²) in [6.45, 7) is 4.07. The van der Waals surface area contributed by atoms with E-state index in [-0.39, 0.29) is 17.7 Å². The first kappa shape index (κ1) is 13.6. The van der Waals surface area contributed by atoms with Crippen molar-refractivity contribution in [1.29, 1.82) is 0 Å². The molecule has 0 saturated heterocycles. The Hall–Kier alpha value is -1.51. The van der Waals surface area contributed by atoms with E-state index in [1.54, 1.807) is 12.1 Å². The molecule has 0 saturated carbocycles. The van der Waals surface area contributed by atoms with Crippen molar-refractivity contribution in [2.45, 2.75) is 45.6 Å². The van der Waals surface area contributed by atoms with E-state index in [4.69, 9.17) is 5.11 Å². The highest BCUT2D eigenvalue weighted by Crippen LogP contribution is 2.11. The van der Waals surface area contributed by atoms with Crippen molar-refractivity contribution in [3.63, 3.8) is 0 Å². The monoisotopic (exact) mass is 235 g/mol. The average Bonchev–Trinajstić information content (AvgIpc) is 2.29. The minimum atomic E-state index is 0.123. The Labute approximate surface area is 103 Å². The lowest BCUT2D eigenvalue weighted by molar-refractivity contribution is -0.121. The number of amides is 1. The highest BCUT2D eigenvalue weighted by atomic mass is 16.3. The smallest absolute Gasteiger partial charge is 0.220 e. The second kappa shape index (κ2) is 6.94. The molecule has 1 atom stereocenters. The summed E-state index contributed by atoms with van der Waals surface area (Å²) in [6.07, 6.45) is 3.38. The van der Waals surface area contributed by atoms with Crippen LogP contribution in [0.25, 0.3) is 0 Å². The Bertz CT molecular complexity index is 346. The Kier molecular flexibility index (Phi) is 5.53. The first-order valence-corrected chi connectivity index (χ1v) is 6.19. The zero-order valence-corrected chi connectivity index (χ0v) is 10.6. The van der Waals surface area contributed by atoms with Gasteiger partial charge in [0, 0.05) is 12.5 Å². The fourth-order valence-corrected chi connectivity index (χ4v) is 1.72. The number of unbranched alkanes of at least 4 members (excludes halogenated alkanes) is 1. The molecule has 0 aliphatic rings. The van der Waals surface area contributed by atoms with Crippen molar-refractivity contribution >= 4 is 5.91 Å². The van der Waals surface area contributed by atoms with E-state index in [1.165, 1.54) is 0 Å². The zero-order chi connectivity index (χ0) is 12.7. The van der Waals surface area contributed by atoms with Gasteiger partial charge in [-0.15, -0.1) is 0 Å². The maximum Gasteiger partial charge on any atom is 0.220 e. The topological polar surface area (TPSA) is 49.3 Å². The quantitative estimate of drug-likeness (QED) is 0.796. The summed E-state index contributed by atoms with van der Waals surface area (Å²) in [5.74, 6) is 0.395. The van der Waals surface area contributed by atoms with Crippen LogP contribution < -0.4 is 5.32 Å². The molecule has 0 aromatic heterocycles. The summed E-state index contributed by atoms with van der Waals surface area (Å²) in [7, 11) is 0. The molecule has 0 radical (unpaired) electrons. The van der Waals surface area contributed by atoms with Gasteiger partial charge in [-0.2, -0.15) is 0 Å². The number of phenols is 1. The van der Waals surface area contributed by atoms with Crippen LogP contribution in [0.15, 0.2) is 24.3 Å². The van der Waals surface area contributed by atoms with Crippen LogP contribution in [0.4, 0.5) is 0 Å². The van der Waals surface area contributed by atoms with E-state index in [9.17, 15) is 4.79 Å². The number of hydrogen-bond acceptors (Lipinski definition) is 2. The van der Waals surface area contributed by atoms with Crippen LogP contribution >= 0.6 is 0 Å². The summed E-state index contributed by atoms with van der Waals surface area (Å²) in [5, 5.41) is 12.1. The maximum atomic E-state index is 11.5. The molecule has 0 aliphatic heterocycles. The number of nitrogens with one attached hydrogen (secondary N) is 1. The van der Waals surface area contributed by atoms with E-state index < -0.39 is 0 Å². The maximum absolute atomic E-state index is 11.5. The zero-order valence-electron chi connectivity index (χ0n) is 10.6. The molecule has 3 nitrogen and oxygen atoms in total. The molecule has 2 N–H and O–H groups in total. The van der Waals surface area contributed by atoms with Crippen molar-refractivity contribution in [3.05, 3.63) is 29.8 Å². The molecule has 0 bridgehead atoms. The summed E-state index contributed by atoms with van der Waals surface area (Å²) in [6, 6.07) is 7.22. The minimum Gasteiger partial charge on any atom is -0.508 e. The van der Waals surface area contributed by atoms with Crippen LogP contribution in [-0.4, -0.2) is 17.1 Å². The molecule has 1 aromatic rings. The van der Waals surface area contributed by atoms with Crippen LogP contribution in [0.1, 0.15) is 38.7 Å². The Balaban J connectivity index is 2.36. The van der Waals surface area contributed by atoms with Crippen LogP contribution in [0.2, 0.25) is 0 Å². The molecule has 94 valence electrons. The van der Waals surface area contributed by atoms with Gasteiger partial charge in [0.2, 0.25) is 5.91 Å². The van der Waals surface area contributed by atoms with Crippen molar-refractivity contribution in [3.8, 4) is 5.75 Å². The number of carbonyl (C=O) groups is 1. The fraction of sp³-hybridized carbons (Fsp3) is 0.500. The first-order valence-electron chi connectivity index (χ1n) is 6.19. The lowest BCUT2D eigenvalue weighted by Gasteiger charge is -2.13. The lowest BCUT2D eigenvalue weighted by Crippen LogP contribution is -2.33.